The summed E-state index contributed by atoms with van der Waals surface area (Å²) in [4.78, 5) is 22.6. The van der Waals surface area contributed by atoms with Crippen LogP contribution in [0.1, 0.15) is 25.7 Å². The van der Waals surface area contributed by atoms with Crippen LogP contribution in [0.25, 0.3) is 0 Å². The lowest BCUT2D eigenvalue weighted by molar-refractivity contribution is -0.159. The first-order valence-electron chi connectivity index (χ1n) is 5.58. The van der Waals surface area contributed by atoms with Gasteiger partial charge < -0.3 is 14.6 Å². The number of carbonyl (C=O) groups is 2. The van der Waals surface area contributed by atoms with Crippen molar-refractivity contribution in [2.24, 2.45) is 5.92 Å². The highest BCUT2D eigenvalue weighted by Gasteiger charge is 2.27. The van der Waals surface area contributed by atoms with Crippen LogP contribution in [0.15, 0.2) is 12.2 Å². The summed E-state index contributed by atoms with van der Waals surface area (Å²) in [6, 6.07) is 0. The molecule has 0 unspecified atom stereocenters. The molecule has 0 amide bonds. The monoisotopic (exact) mass is 244 g/mol. The normalized spacial score (nSPS) is 10.8. The Kier molecular flexibility index (Phi) is 9.05. The highest BCUT2D eigenvalue weighted by atomic mass is 16.5. The van der Waals surface area contributed by atoms with Crippen LogP contribution in [-0.2, 0) is 19.1 Å². The number of carbonyl (C=O) groups excluding carboxylic acids is 2. The zero-order chi connectivity index (χ0) is 13.1. The fourth-order valence-corrected chi connectivity index (χ4v) is 1.37. The minimum absolute atomic E-state index is 0.128. The van der Waals surface area contributed by atoms with Crippen LogP contribution in [0.5, 0.6) is 0 Å². The Morgan fingerprint density at radius 3 is 2.12 bits per heavy atom. The van der Waals surface area contributed by atoms with Gasteiger partial charge in [0.25, 0.3) is 0 Å². The molecule has 0 aliphatic carbocycles. The van der Waals surface area contributed by atoms with Crippen molar-refractivity contribution < 1.29 is 24.2 Å². The van der Waals surface area contributed by atoms with Crippen LogP contribution >= 0.6 is 0 Å². The summed E-state index contributed by atoms with van der Waals surface area (Å²) < 4.78 is 9.08. The van der Waals surface area contributed by atoms with E-state index in [2.05, 4.69) is 9.47 Å². The minimum Gasteiger partial charge on any atom is -0.468 e. The first-order chi connectivity index (χ1) is 8.17. The average molecular weight is 244 g/mol. The molecule has 0 spiro atoms. The molecule has 0 aromatic carbocycles. The number of ether oxygens (including phenoxy) is 2. The third kappa shape index (κ3) is 6.73. The predicted octanol–water partition coefficient (Wildman–Crippen LogP) is 1.06. The Labute approximate surface area is 101 Å². The van der Waals surface area contributed by atoms with Crippen LogP contribution in [0, 0.1) is 5.92 Å². The van der Waals surface area contributed by atoms with E-state index in [1.54, 1.807) is 0 Å². The number of unbranched alkanes of at least 4 members (excludes halogenated alkanes) is 1. The molecule has 5 heteroatoms. The van der Waals surface area contributed by atoms with E-state index < -0.39 is 17.9 Å². The summed E-state index contributed by atoms with van der Waals surface area (Å²) in [5, 5.41) is 8.55. The van der Waals surface area contributed by atoms with Crippen LogP contribution < -0.4 is 0 Å². The molecule has 1 N–H and O–H groups in total. The zero-order valence-corrected chi connectivity index (χ0v) is 10.3. The van der Waals surface area contributed by atoms with Crippen molar-refractivity contribution in [1.29, 1.82) is 0 Å². The lowest BCUT2D eigenvalue weighted by Crippen LogP contribution is -2.26. The van der Waals surface area contributed by atoms with Gasteiger partial charge in [-0.3, -0.25) is 9.59 Å². The molecule has 0 aromatic heterocycles. The van der Waals surface area contributed by atoms with Crippen LogP contribution in [0.2, 0.25) is 0 Å². The fourth-order valence-electron chi connectivity index (χ4n) is 1.37. The standard InChI is InChI=1S/C12H20O5/c1-16-11(14)10(12(15)17-2)8-6-4-3-5-7-9-13/h3,5,10,13H,4,6-9H2,1-2H3/b5-3-. The van der Waals surface area contributed by atoms with Crippen molar-refractivity contribution in [2.75, 3.05) is 20.8 Å². The quantitative estimate of drug-likeness (QED) is 0.299. The first kappa shape index (κ1) is 15.6. The van der Waals surface area contributed by atoms with Crippen molar-refractivity contribution in [3.63, 3.8) is 0 Å². The van der Waals surface area contributed by atoms with Crippen molar-refractivity contribution >= 4 is 11.9 Å². The summed E-state index contributed by atoms with van der Waals surface area (Å²) in [7, 11) is 2.50. The van der Waals surface area contributed by atoms with E-state index in [0.717, 1.165) is 6.42 Å². The van der Waals surface area contributed by atoms with Gasteiger partial charge in [0.15, 0.2) is 5.92 Å². The van der Waals surface area contributed by atoms with E-state index in [0.29, 0.717) is 19.3 Å². The number of aliphatic hydroxyl groups is 1. The largest absolute Gasteiger partial charge is 0.468 e. The average Bonchev–Trinajstić information content (AvgIpc) is 2.36. The lowest BCUT2D eigenvalue weighted by Gasteiger charge is -2.11. The molecule has 17 heavy (non-hydrogen) atoms. The molecule has 0 saturated carbocycles. The van der Waals surface area contributed by atoms with Gasteiger partial charge in [-0.15, -0.1) is 0 Å². The second-order valence-electron chi connectivity index (χ2n) is 3.51. The van der Waals surface area contributed by atoms with E-state index in [1.165, 1.54) is 14.2 Å². The summed E-state index contributed by atoms with van der Waals surface area (Å²) >= 11 is 0. The first-order valence-corrected chi connectivity index (χ1v) is 5.58. The van der Waals surface area contributed by atoms with Crippen molar-refractivity contribution in [1.82, 2.24) is 0 Å². The van der Waals surface area contributed by atoms with Gasteiger partial charge >= 0.3 is 11.9 Å². The maximum absolute atomic E-state index is 11.3. The number of esters is 2. The molecule has 0 bridgehead atoms. The van der Waals surface area contributed by atoms with Gasteiger partial charge in [-0.1, -0.05) is 12.2 Å². The Morgan fingerprint density at radius 1 is 1.12 bits per heavy atom. The number of rotatable bonds is 8. The number of methoxy groups -OCH3 is 2. The van der Waals surface area contributed by atoms with E-state index >= 15 is 0 Å². The Morgan fingerprint density at radius 2 is 1.65 bits per heavy atom. The summed E-state index contributed by atoms with van der Waals surface area (Å²) in [5.41, 5.74) is 0. The molecule has 0 saturated heterocycles. The van der Waals surface area contributed by atoms with E-state index in [1.807, 2.05) is 12.2 Å². The van der Waals surface area contributed by atoms with Crippen LogP contribution in [-0.4, -0.2) is 37.9 Å². The Balaban J connectivity index is 4.01. The second kappa shape index (κ2) is 9.84. The smallest absolute Gasteiger partial charge is 0.320 e. The maximum Gasteiger partial charge on any atom is 0.320 e. The van der Waals surface area contributed by atoms with Gasteiger partial charge in [0, 0.05) is 6.61 Å². The van der Waals surface area contributed by atoms with Gasteiger partial charge in [0.1, 0.15) is 0 Å². The SMILES string of the molecule is COC(=O)C(CCC/C=C\CCO)C(=O)OC. The number of hydrogen-bond donors (Lipinski definition) is 1. The molecule has 5 nitrogen and oxygen atoms in total. The molecule has 0 fully saturated rings. The summed E-state index contributed by atoms with van der Waals surface area (Å²) in [6.45, 7) is 0.128. The molecule has 0 heterocycles. The Hall–Kier alpha value is -1.36. The molecule has 0 aliphatic rings. The highest BCUT2D eigenvalue weighted by molar-refractivity contribution is 5.94. The Bertz CT molecular complexity index is 244. The summed E-state index contributed by atoms with van der Waals surface area (Å²) in [5.74, 6) is -1.95. The van der Waals surface area contributed by atoms with Gasteiger partial charge in [0.2, 0.25) is 0 Å². The molecular weight excluding hydrogens is 224 g/mol. The van der Waals surface area contributed by atoms with Crippen molar-refractivity contribution in [3.8, 4) is 0 Å². The predicted molar refractivity (Wildman–Crippen MR) is 62.2 cm³/mol. The number of aliphatic hydroxyl groups excluding tert-OH is 1. The van der Waals surface area contributed by atoms with Gasteiger partial charge in [-0.2, -0.15) is 0 Å². The van der Waals surface area contributed by atoms with Gasteiger partial charge in [0.05, 0.1) is 14.2 Å². The fraction of sp³-hybridized carbons (Fsp3) is 0.667. The van der Waals surface area contributed by atoms with Gasteiger partial charge in [-0.05, 0) is 25.7 Å². The lowest BCUT2D eigenvalue weighted by atomic mass is 10.0. The minimum atomic E-state index is -0.837. The number of allylic oxidation sites excluding steroid dienone is 1. The van der Waals surface area contributed by atoms with Crippen LogP contribution in [0.4, 0.5) is 0 Å². The second-order valence-corrected chi connectivity index (χ2v) is 3.51. The third-order valence-corrected chi connectivity index (χ3v) is 2.30. The number of hydrogen-bond acceptors (Lipinski definition) is 5. The molecule has 0 radical (unpaired) electrons. The molecule has 98 valence electrons. The molecule has 0 aromatic rings. The molecular formula is C12H20O5. The third-order valence-electron chi connectivity index (χ3n) is 2.30. The van der Waals surface area contributed by atoms with E-state index in [9.17, 15) is 9.59 Å². The van der Waals surface area contributed by atoms with Crippen molar-refractivity contribution in [2.45, 2.75) is 25.7 Å². The van der Waals surface area contributed by atoms with E-state index in [4.69, 9.17) is 5.11 Å². The van der Waals surface area contributed by atoms with E-state index in [-0.39, 0.29) is 6.61 Å². The van der Waals surface area contributed by atoms with Gasteiger partial charge in [-0.25, -0.2) is 0 Å². The molecule has 0 aliphatic heterocycles. The van der Waals surface area contributed by atoms with Crippen LogP contribution in [0.3, 0.4) is 0 Å². The maximum atomic E-state index is 11.3. The molecule has 0 atom stereocenters. The summed E-state index contributed by atoms with van der Waals surface area (Å²) in [6.07, 6.45) is 6.26. The zero-order valence-electron chi connectivity index (χ0n) is 10.3. The molecule has 0 rings (SSSR count). The topological polar surface area (TPSA) is 72.8 Å². The highest BCUT2D eigenvalue weighted by Crippen LogP contribution is 2.12. The van der Waals surface area contributed by atoms with Crippen molar-refractivity contribution in [3.05, 3.63) is 12.2 Å².